The van der Waals surface area contributed by atoms with E-state index < -0.39 is 5.91 Å². The maximum absolute atomic E-state index is 11.1. The first-order valence-corrected chi connectivity index (χ1v) is 4.88. The molecule has 82 valence electrons. The number of carbonyl (C=O) groups excluding carboxylic acids is 1. The first-order chi connectivity index (χ1) is 7.19. The smallest absolute Gasteiger partial charge is 0.252 e. The third-order valence-corrected chi connectivity index (χ3v) is 1.83. The molecule has 0 aromatic heterocycles. The van der Waals surface area contributed by atoms with Crippen molar-refractivity contribution in [2.45, 2.75) is 13.8 Å². The zero-order valence-electron chi connectivity index (χ0n) is 8.95. The number of nitrogens with two attached hydrogens (primary N) is 1. The number of hydrogen-bond donors (Lipinski definition) is 1. The Morgan fingerprint density at radius 2 is 1.93 bits per heavy atom. The average molecular weight is 209 g/mol. The van der Waals surface area contributed by atoms with Gasteiger partial charge < -0.3 is 15.2 Å². The van der Waals surface area contributed by atoms with Gasteiger partial charge in [0.2, 0.25) is 0 Å². The molecule has 0 unspecified atom stereocenters. The fraction of sp³-hybridized carbons (Fsp3) is 0.364. The fourth-order valence-corrected chi connectivity index (χ4v) is 1.24. The standard InChI is InChI=1S/C11H15NO3/c1-3-14-8-5-6-9(11(12)13)10(7-8)15-4-2/h5-7H,3-4H2,1-2H3,(H2,12,13). The lowest BCUT2D eigenvalue weighted by molar-refractivity contribution is 0.0996. The van der Waals surface area contributed by atoms with Gasteiger partial charge in [-0.15, -0.1) is 0 Å². The number of ether oxygens (including phenoxy) is 2. The monoisotopic (exact) mass is 209 g/mol. The Hall–Kier alpha value is -1.71. The van der Waals surface area contributed by atoms with E-state index in [1.807, 2.05) is 13.8 Å². The minimum Gasteiger partial charge on any atom is -0.494 e. The van der Waals surface area contributed by atoms with E-state index in [4.69, 9.17) is 15.2 Å². The molecular weight excluding hydrogens is 194 g/mol. The molecule has 0 aliphatic carbocycles. The zero-order chi connectivity index (χ0) is 11.3. The van der Waals surface area contributed by atoms with Crippen molar-refractivity contribution in [2.75, 3.05) is 13.2 Å². The molecule has 0 aliphatic heterocycles. The Morgan fingerprint density at radius 1 is 1.27 bits per heavy atom. The van der Waals surface area contributed by atoms with Gasteiger partial charge in [0.15, 0.2) is 0 Å². The van der Waals surface area contributed by atoms with E-state index in [1.165, 1.54) is 0 Å². The van der Waals surface area contributed by atoms with Crippen LogP contribution in [0.15, 0.2) is 18.2 Å². The highest BCUT2D eigenvalue weighted by Crippen LogP contribution is 2.24. The van der Waals surface area contributed by atoms with E-state index in [2.05, 4.69) is 0 Å². The summed E-state index contributed by atoms with van der Waals surface area (Å²) in [5.41, 5.74) is 5.58. The van der Waals surface area contributed by atoms with E-state index >= 15 is 0 Å². The van der Waals surface area contributed by atoms with E-state index in [0.29, 0.717) is 30.3 Å². The van der Waals surface area contributed by atoms with Crippen LogP contribution in [0.3, 0.4) is 0 Å². The summed E-state index contributed by atoms with van der Waals surface area (Å²) in [6, 6.07) is 4.98. The third-order valence-electron chi connectivity index (χ3n) is 1.83. The van der Waals surface area contributed by atoms with Crippen molar-refractivity contribution in [3.63, 3.8) is 0 Å². The van der Waals surface area contributed by atoms with Gasteiger partial charge in [0, 0.05) is 6.07 Å². The SMILES string of the molecule is CCOc1ccc(C(N)=O)c(OCC)c1. The topological polar surface area (TPSA) is 61.5 Å². The van der Waals surface area contributed by atoms with E-state index in [0.717, 1.165) is 0 Å². The van der Waals surface area contributed by atoms with Crippen LogP contribution in [-0.2, 0) is 0 Å². The lowest BCUT2D eigenvalue weighted by atomic mass is 10.2. The van der Waals surface area contributed by atoms with Crippen molar-refractivity contribution < 1.29 is 14.3 Å². The molecule has 4 nitrogen and oxygen atoms in total. The van der Waals surface area contributed by atoms with Gasteiger partial charge in [-0.1, -0.05) is 0 Å². The van der Waals surface area contributed by atoms with Crippen molar-refractivity contribution in [2.24, 2.45) is 5.73 Å². The van der Waals surface area contributed by atoms with Crippen molar-refractivity contribution in [3.05, 3.63) is 23.8 Å². The summed E-state index contributed by atoms with van der Waals surface area (Å²) in [5, 5.41) is 0. The van der Waals surface area contributed by atoms with Crippen LogP contribution in [0.2, 0.25) is 0 Å². The second-order valence-corrected chi connectivity index (χ2v) is 2.89. The van der Waals surface area contributed by atoms with Crippen LogP contribution in [0.5, 0.6) is 11.5 Å². The summed E-state index contributed by atoms with van der Waals surface area (Å²) in [6.45, 7) is 4.79. The van der Waals surface area contributed by atoms with Gasteiger partial charge in [-0.3, -0.25) is 4.79 Å². The van der Waals surface area contributed by atoms with Gasteiger partial charge in [0.25, 0.3) is 5.91 Å². The molecule has 0 spiro atoms. The minimum atomic E-state index is -0.499. The Kier molecular flexibility index (Phi) is 3.97. The highest BCUT2D eigenvalue weighted by Gasteiger charge is 2.10. The molecule has 1 amide bonds. The van der Waals surface area contributed by atoms with E-state index in [-0.39, 0.29) is 0 Å². The Balaban J connectivity index is 3.03. The van der Waals surface area contributed by atoms with Gasteiger partial charge >= 0.3 is 0 Å². The number of primary amides is 1. The zero-order valence-corrected chi connectivity index (χ0v) is 8.95. The molecule has 15 heavy (non-hydrogen) atoms. The highest BCUT2D eigenvalue weighted by molar-refractivity contribution is 5.95. The van der Waals surface area contributed by atoms with Crippen LogP contribution in [0.1, 0.15) is 24.2 Å². The maximum atomic E-state index is 11.1. The Bertz CT molecular complexity index is 350. The first kappa shape index (κ1) is 11.4. The summed E-state index contributed by atoms with van der Waals surface area (Å²) in [4.78, 5) is 11.1. The summed E-state index contributed by atoms with van der Waals surface area (Å²) in [6.07, 6.45) is 0. The molecule has 0 fully saturated rings. The normalized spacial score (nSPS) is 9.73. The van der Waals surface area contributed by atoms with Gasteiger partial charge in [-0.05, 0) is 26.0 Å². The van der Waals surface area contributed by atoms with Crippen LogP contribution in [-0.4, -0.2) is 19.1 Å². The molecule has 0 bridgehead atoms. The van der Waals surface area contributed by atoms with Crippen molar-refractivity contribution in [1.29, 1.82) is 0 Å². The predicted molar refractivity (Wildman–Crippen MR) is 57.3 cm³/mol. The molecule has 0 saturated carbocycles. The van der Waals surface area contributed by atoms with Crippen molar-refractivity contribution >= 4 is 5.91 Å². The molecule has 0 atom stereocenters. The lowest BCUT2D eigenvalue weighted by Gasteiger charge is -2.10. The number of carbonyl (C=O) groups is 1. The number of benzene rings is 1. The molecule has 1 aromatic rings. The molecule has 0 saturated heterocycles. The van der Waals surface area contributed by atoms with Gasteiger partial charge in [0.05, 0.1) is 18.8 Å². The van der Waals surface area contributed by atoms with Gasteiger partial charge in [-0.25, -0.2) is 0 Å². The lowest BCUT2D eigenvalue weighted by Crippen LogP contribution is -2.13. The van der Waals surface area contributed by atoms with Crippen LogP contribution >= 0.6 is 0 Å². The van der Waals surface area contributed by atoms with Crippen molar-refractivity contribution in [3.8, 4) is 11.5 Å². The summed E-state index contributed by atoms with van der Waals surface area (Å²) in [5.74, 6) is 0.642. The first-order valence-electron chi connectivity index (χ1n) is 4.88. The van der Waals surface area contributed by atoms with E-state index in [9.17, 15) is 4.79 Å². The number of hydrogen-bond acceptors (Lipinski definition) is 3. The highest BCUT2D eigenvalue weighted by atomic mass is 16.5. The van der Waals surface area contributed by atoms with Crippen LogP contribution in [0, 0.1) is 0 Å². The molecule has 2 N–H and O–H groups in total. The second-order valence-electron chi connectivity index (χ2n) is 2.89. The summed E-state index contributed by atoms with van der Waals surface area (Å²) in [7, 11) is 0. The van der Waals surface area contributed by atoms with Crippen LogP contribution in [0.25, 0.3) is 0 Å². The Morgan fingerprint density at radius 3 is 2.47 bits per heavy atom. The van der Waals surface area contributed by atoms with Gasteiger partial charge in [0.1, 0.15) is 11.5 Å². The maximum Gasteiger partial charge on any atom is 0.252 e. The minimum absolute atomic E-state index is 0.375. The molecule has 0 aliphatic rings. The largest absolute Gasteiger partial charge is 0.494 e. The molecule has 1 rings (SSSR count). The predicted octanol–water partition coefficient (Wildman–Crippen LogP) is 1.58. The second kappa shape index (κ2) is 5.24. The summed E-state index contributed by atoms with van der Waals surface area (Å²) < 4.78 is 10.6. The molecule has 1 aromatic carbocycles. The quantitative estimate of drug-likeness (QED) is 0.800. The van der Waals surface area contributed by atoms with E-state index in [1.54, 1.807) is 18.2 Å². The number of rotatable bonds is 5. The molecule has 0 radical (unpaired) electrons. The molecular formula is C11H15NO3. The van der Waals surface area contributed by atoms with Crippen LogP contribution < -0.4 is 15.2 Å². The number of amides is 1. The molecule has 0 heterocycles. The van der Waals surface area contributed by atoms with Crippen molar-refractivity contribution in [1.82, 2.24) is 0 Å². The fourth-order valence-electron chi connectivity index (χ4n) is 1.24. The van der Waals surface area contributed by atoms with Gasteiger partial charge in [-0.2, -0.15) is 0 Å². The van der Waals surface area contributed by atoms with Crippen LogP contribution in [0.4, 0.5) is 0 Å². The summed E-state index contributed by atoms with van der Waals surface area (Å²) >= 11 is 0. The average Bonchev–Trinajstić information content (AvgIpc) is 2.18. The molecule has 4 heteroatoms. The Labute approximate surface area is 89.0 Å². The third kappa shape index (κ3) is 2.87.